The van der Waals surface area contributed by atoms with Gasteiger partial charge in [-0.2, -0.15) is 21.4 Å². The second kappa shape index (κ2) is 18.0. The van der Waals surface area contributed by atoms with Gasteiger partial charge in [-0.15, -0.1) is 4.73 Å². The van der Waals surface area contributed by atoms with Crippen LogP contribution < -0.4 is 14.3 Å². The average molecular weight is 819 g/mol. The van der Waals surface area contributed by atoms with E-state index in [9.17, 15) is 45.3 Å². The molecule has 0 saturated heterocycles. The molecule has 56 heavy (non-hydrogen) atoms. The summed E-state index contributed by atoms with van der Waals surface area (Å²) >= 11 is 0. The van der Waals surface area contributed by atoms with E-state index in [1.54, 1.807) is 6.08 Å². The number of rotatable bonds is 19. The molecule has 1 unspecified atom stereocenters. The lowest BCUT2D eigenvalue weighted by molar-refractivity contribution is -0.673. The van der Waals surface area contributed by atoms with E-state index in [1.165, 1.54) is 18.2 Å². The number of unbranched alkanes of at least 4 members (excludes halogenated alkanes) is 4. The Bertz CT molecular complexity index is 2330. The average Bonchev–Trinajstić information content (AvgIpc) is 3.55. The van der Waals surface area contributed by atoms with Crippen LogP contribution in [0.5, 0.6) is 11.8 Å². The number of pyridine rings is 1. The van der Waals surface area contributed by atoms with Crippen LogP contribution in [-0.4, -0.2) is 64.9 Å². The van der Waals surface area contributed by atoms with Crippen LogP contribution in [0.2, 0.25) is 0 Å². The molecule has 0 spiro atoms. The third kappa shape index (κ3) is 10.7. The van der Waals surface area contributed by atoms with Gasteiger partial charge in [0.1, 0.15) is 18.2 Å². The van der Waals surface area contributed by atoms with E-state index in [0.29, 0.717) is 61.3 Å². The minimum atomic E-state index is -4.23. The minimum absolute atomic E-state index is 0.0324. The predicted molar refractivity (Wildman–Crippen MR) is 206 cm³/mol. The van der Waals surface area contributed by atoms with Crippen LogP contribution in [0.1, 0.15) is 76.0 Å². The summed E-state index contributed by atoms with van der Waals surface area (Å²) in [7, 11) is -8.33. The number of para-hydroxylation sites is 1. The van der Waals surface area contributed by atoms with Crippen LogP contribution in [0.25, 0.3) is 17.0 Å². The Hall–Kier alpha value is -4.84. The number of hydrogen-bond donors (Lipinski definition) is 4. The highest BCUT2D eigenvalue weighted by Gasteiger charge is 2.45. The van der Waals surface area contributed by atoms with Crippen LogP contribution in [0.4, 0.5) is 14.5 Å². The maximum atomic E-state index is 15.9. The molecule has 13 nitrogen and oxygen atoms in total. The van der Waals surface area contributed by atoms with Gasteiger partial charge in [0.2, 0.25) is 23.0 Å². The zero-order chi connectivity index (χ0) is 40.7. The number of halogens is 2. The van der Waals surface area contributed by atoms with Gasteiger partial charge in [-0.3, -0.25) is 9.11 Å². The molecular formula is C39H46F2N3O10S2+. The number of allylic oxidation sites excluding steroid dienone is 3. The molecule has 0 amide bonds. The highest BCUT2D eigenvalue weighted by molar-refractivity contribution is 7.86. The lowest BCUT2D eigenvalue weighted by atomic mass is 9.77. The van der Waals surface area contributed by atoms with Gasteiger partial charge in [0, 0.05) is 77.9 Å². The molecule has 0 aliphatic carbocycles. The molecule has 5 rings (SSSR count). The molecule has 302 valence electrons. The van der Waals surface area contributed by atoms with Crippen molar-refractivity contribution in [2.24, 2.45) is 0 Å². The molecule has 3 heterocycles. The van der Waals surface area contributed by atoms with Crippen LogP contribution in [0, 0.1) is 11.6 Å². The molecule has 4 aromatic rings. The van der Waals surface area contributed by atoms with Crippen molar-refractivity contribution in [3.05, 3.63) is 101 Å². The van der Waals surface area contributed by atoms with E-state index >= 15 is 4.39 Å². The summed E-state index contributed by atoms with van der Waals surface area (Å²) in [4.78, 5) is 19.2. The normalized spacial score (nSPS) is 16.7. The van der Waals surface area contributed by atoms with Crippen molar-refractivity contribution in [2.75, 3.05) is 23.0 Å². The van der Waals surface area contributed by atoms with Gasteiger partial charge in [-0.25, -0.2) is 13.6 Å². The number of anilines is 1. The summed E-state index contributed by atoms with van der Waals surface area (Å²) in [5, 5.41) is 20.4. The lowest BCUT2D eigenvalue weighted by Gasteiger charge is -2.30. The number of aromatic nitrogens is 2. The van der Waals surface area contributed by atoms with E-state index in [1.807, 2.05) is 64.9 Å². The summed E-state index contributed by atoms with van der Waals surface area (Å²) in [6, 6.07) is 16.0. The summed E-state index contributed by atoms with van der Waals surface area (Å²) in [5.41, 5.74) is 1.82. The molecule has 0 bridgehead atoms. The number of hydrogen-bond acceptors (Lipinski definition) is 9. The second-order valence-electron chi connectivity index (χ2n) is 14.0. The van der Waals surface area contributed by atoms with Gasteiger partial charge in [0.25, 0.3) is 20.2 Å². The molecule has 0 fully saturated rings. The Morgan fingerprint density at radius 1 is 0.857 bits per heavy atom. The standard InChI is InChI=1S/C39H45F2N3O10S2/c1-39(21-6-9-24-55(48,49)50)34(15-11-13-30-18-17-28-12-4-5-14-32(28)42(30)22-8-10-25-56(51,52)53)43(33-27-29(40)26-31(41)38(33)39)23-7-2-3-16-37(47)54-44-35(45)19-20-36(44)46/h4-5,11-15,17-20,26-27H,2-3,6-10,16,21-25H2,1H3,(H3-,45,46,48,49,50,51,52,53)/p+1. The monoisotopic (exact) mass is 818 g/mol. The fourth-order valence-corrected chi connectivity index (χ4v) is 8.37. The quantitative estimate of drug-likeness (QED) is 0.0477. The molecule has 0 saturated carbocycles. The maximum Gasteiger partial charge on any atom is 0.333 e. The van der Waals surface area contributed by atoms with E-state index < -0.39 is 60.8 Å². The number of aryl methyl sites for hydroxylation is 1. The number of benzene rings is 2. The summed E-state index contributed by atoms with van der Waals surface area (Å²) in [5.74, 6) is -3.93. The first kappa shape index (κ1) is 42.3. The predicted octanol–water partition coefficient (Wildman–Crippen LogP) is 6.24. The summed E-state index contributed by atoms with van der Waals surface area (Å²) < 4.78 is 97.5. The highest BCUT2D eigenvalue weighted by atomic mass is 32.2. The third-order valence-corrected chi connectivity index (χ3v) is 11.5. The first-order valence-corrected chi connectivity index (χ1v) is 21.5. The SMILES string of the molecule is CC1(CCCCS(=O)(=O)O)C(=CC=Cc2ccc3ccccc3[n+]2CCCCS(=O)(=O)O)N(CCCCCC(=O)On2c(O)ccc2O)c2cc(F)cc(F)c21. The molecule has 2 aromatic carbocycles. The molecule has 1 aliphatic rings. The van der Waals surface area contributed by atoms with Crippen molar-refractivity contribution in [1.82, 2.24) is 4.73 Å². The largest absolute Gasteiger partial charge is 0.492 e. The van der Waals surface area contributed by atoms with Crippen molar-refractivity contribution in [1.29, 1.82) is 0 Å². The van der Waals surface area contributed by atoms with E-state index in [0.717, 1.165) is 22.7 Å². The van der Waals surface area contributed by atoms with Crippen LogP contribution in [0.15, 0.2) is 78.5 Å². The van der Waals surface area contributed by atoms with E-state index in [-0.39, 0.29) is 37.0 Å². The molecule has 0 radical (unpaired) electrons. The Labute approximate surface area is 324 Å². The number of nitrogens with zero attached hydrogens (tertiary/aromatic N) is 3. The summed E-state index contributed by atoms with van der Waals surface area (Å²) in [6.07, 6.45) is 8.17. The summed E-state index contributed by atoms with van der Waals surface area (Å²) in [6.45, 7) is 2.56. The number of carbonyl (C=O) groups is 1. The van der Waals surface area contributed by atoms with Crippen LogP contribution in [0.3, 0.4) is 0 Å². The number of fused-ring (bicyclic) bond motifs is 2. The van der Waals surface area contributed by atoms with Gasteiger partial charge < -0.3 is 20.0 Å². The first-order chi connectivity index (χ1) is 26.5. The van der Waals surface area contributed by atoms with Gasteiger partial charge in [0.15, 0.2) is 0 Å². The smallest absolute Gasteiger partial charge is 0.333 e. The van der Waals surface area contributed by atoms with E-state index in [2.05, 4.69) is 0 Å². The van der Waals surface area contributed by atoms with Crippen LogP contribution in [-0.2, 0) is 37.0 Å². The lowest BCUT2D eigenvalue weighted by Crippen LogP contribution is -2.38. The van der Waals surface area contributed by atoms with Crippen molar-refractivity contribution in [3.8, 4) is 11.8 Å². The third-order valence-electron chi connectivity index (χ3n) is 9.84. The zero-order valence-electron chi connectivity index (χ0n) is 30.9. The Balaban J connectivity index is 1.43. The van der Waals surface area contributed by atoms with Crippen molar-refractivity contribution < 1.29 is 59.1 Å². The first-order valence-electron chi connectivity index (χ1n) is 18.3. The fraction of sp³-hybridized carbons (Fsp3) is 0.385. The van der Waals surface area contributed by atoms with E-state index in [4.69, 9.17) is 4.84 Å². The van der Waals surface area contributed by atoms with Gasteiger partial charge >= 0.3 is 5.97 Å². The number of aromatic hydroxyl groups is 2. The van der Waals surface area contributed by atoms with Gasteiger partial charge in [-0.1, -0.05) is 31.1 Å². The fourth-order valence-electron chi connectivity index (χ4n) is 7.23. The zero-order valence-corrected chi connectivity index (χ0v) is 32.5. The Morgan fingerprint density at radius 3 is 2.23 bits per heavy atom. The highest BCUT2D eigenvalue weighted by Crippen LogP contribution is 2.52. The maximum absolute atomic E-state index is 15.9. The van der Waals surface area contributed by atoms with Gasteiger partial charge in [-0.05, 0) is 63.3 Å². The molecular weight excluding hydrogens is 773 g/mol. The van der Waals surface area contributed by atoms with Crippen molar-refractivity contribution in [2.45, 2.75) is 76.7 Å². The Morgan fingerprint density at radius 2 is 1.54 bits per heavy atom. The van der Waals surface area contributed by atoms with Crippen LogP contribution >= 0.6 is 0 Å². The Kier molecular flexibility index (Phi) is 13.6. The molecule has 1 aliphatic heterocycles. The molecule has 17 heteroatoms. The molecule has 1 atom stereocenters. The molecule has 2 aromatic heterocycles. The van der Waals surface area contributed by atoms with Gasteiger partial charge in [0.05, 0.1) is 17.2 Å². The van der Waals surface area contributed by atoms with Crippen molar-refractivity contribution in [3.63, 3.8) is 0 Å². The number of carbonyl (C=O) groups excluding carboxylic acids is 1. The topological polar surface area (TPSA) is 188 Å². The second-order valence-corrected chi connectivity index (χ2v) is 17.1. The van der Waals surface area contributed by atoms with Crippen molar-refractivity contribution >= 4 is 48.9 Å². The minimum Gasteiger partial charge on any atom is -0.492 e. The molecule has 4 N–H and O–H groups in total.